The fourth-order valence-electron chi connectivity index (χ4n) is 5.40. The Hall–Kier alpha value is -5.40. The third-order valence-corrected chi connectivity index (χ3v) is 8.06. The molecule has 2 amide bonds. The zero-order valence-electron chi connectivity index (χ0n) is 28.4. The van der Waals surface area contributed by atoms with Crippen molar-refractivity contribution in [1.29, 1.82) is 0 Å². The molecule has 5 aromatic carbocycles. The quantitative estimate of drug-likeness (QED) is 0.107. The summed E-state index contributed by atoms with van der Waals surface area (Å²) < 4.78 is 12.7. The van der Waals surface area contributed by atoms with Gasteiger partial charge in [0.2, 0.25) is 0 Å². The fraction of sp³-hybridized carbons (Fsp3) is 0.238. The summed E-state index contributed by atoms with van der Waals surface area (Å²) in [7, 11) is 0. The summed E-state index contributed by atoms with van der Waals surface area (Å²) in [6, 6.07) is 40.6. The van der Waals surface area contributed by atoms with E-state index < -0.39 is 0 Å². The first kappa shape index (κ1) is 34.9. The summed E-state index contributed by atoms with van der Waals surface area (Å²) in [5, 5.41) is 0. The van der Waals surface area contributed by atoms with Crippen LogP contribution in [0, 0.1) is 0 Å². The van der Waals surface area contributed by atoms with Crippen LogP contribution in [0.15, 0.2) is 127 Å². The van der Waals surface area contributed by atoms with Gasteiger partial charge in [-0.25, -0.2) is 5.48 Å². The molecule has 1 N–H and O–H groups in total. The van der Waals surface area contributed by atoms with Crippen LogP contribution >= 0.6 is 0 Å². The lowest BCUT2D eigenvalue weighted by Gasteiger charge is -2.25. The van der Waals surface area contributed by atoms with Gasteiger partial charge in [0.05, 0.1) is 12.2 Å². The van der Waals surface area contributed by atoms with Crippen LogP contribution in [0.2, 0.25) is 0 Å². The average Bonchev–Trinajstić information content (AvgIpc) is 3.14. The molecule has 0 atom stereocenters. The monoisotopic (exact) mass is 656 g/mol. The summed E-state index contributed by atoms with van der Waals surface area (Å²) in [6.07, 6.45) is 0.778. The van der Waals surface area contributed by atoms with Gasteiger partial charge in [-0.05, 0) is 58.4 Å². The number of nitrogens with one attached hydrogen (secondary N) is 1. The van der Waals surface area contributed by atoms with Crippen LogP contribution in [0.5, 0.6) is 11.5 Å². The van der Waals surface area contributed by atoms with Gasteiger partial charge < -0.3 is 14.4 Å². The van der Waals surface area contributed by atoms with E-state index in [0.717, 1.165) is 34.2 Å². The van der Waals surface area contributed by atoms with Gasteiger partial charge in [-0.15, -0.1) is 0 Å². The minimum Gasteiger partial charge on any atom is -0.488 e. The summed E-state index contributed by atoms with van der Waals surface area (Å²) in [4.78, 5) is 34.3. The molecular formula is C42H44N2O5. The SMILES string of the molecule is CCCN(Cc1ccc(C(=O)NOCc2ccccc2)cc1)C(=O)c1cc(C(C)C)c(OCc2ccccc2)cc1OCc1ccccc1. The molecule has 5 rings (SSSR count). The molecule has 0 unspecified atom stereocenters. The third-order valence-electron chi connectivity index (χ3n) is 8.06. The van der Waals surface area contributed by atoms with Crippen molar-refractivity contribution in [1.82, 2.24) is 10.4 Å². The first-order valence-electron chi connectivity index (χ1n) is 16.8. The zero-order chi connectivity index (χ0) is 34.4. The number of carbonyl (C=O) groups is 2. The molecule has 7 nitrogen and oxygen atoms in total. The molecule has 0 aromatic heterocycles. The largest absolute Gasteiger partial charge is 0.488 e. The molecular weight excluding hydrogens is 612 g/mol. The van der Waals surface area contributed by atoms with Gasteiger partial charge in [0.15, 0.2) is 0 Å². The highest BCUT2D eigenvalue weighted by Crippen LogP contribution is 2.36. The minimum absolute atomic E-state index is 0.107. The maximum absolute atomic E-state index is 14.4. The Morgan fingerprint density at radius 3 is 1.71 bits per heavy atom. The molecule has 0 radical (unpaired) electrons. The molecule has 252 valence electrons. The fourth-order valence-corrected chi connectivity index (χ4v) is 5.40. The lowest BCUT2D eigenvalue weighted by Crippen LogP contribution is -2.32. The molecule has 0 aliphatic carbocycles. The second-order valence-corrected chi connectivity index (χ2v) is 12.2. The standard InChI is InChI=1S/C42H44N2O5/c1-4-24-44(27-32-20-22-36(23-21-32)41(45)43-49-30-35-18-12-7-13-19-35)42(46)38-25-37(31(2)3)39(47-28-33-14-8-5-9-15-33)26-40(38)48-29-34-16-10-6-11-17-34/h5-23,25-26,31H,4,24,27-30H2,1-3H3,(H,43,45). The predicted molar refractivity (Wildman–Crippen MR) is 192 cm³/mol. The Labute approximate surface area is 289 Å². The number of hydrogen-bond acceptors (Lipinski definition) is 5. The van der Waals surface area contributed by atoms with Gasteiger partial charge in [-0.1, -0.05) is 124 Å². The van der Waals surface area contributed by atoms with E-state index in [9.17, 15) is 9.59 Å². The number of rotatable bonds is 16. The Morgan fingerprint density at radius 1 is 0.653 bits per heavy atom. The summed E-state index contributed by atoms with van der Waals surface area (Å²) in [6.45, 7) is 8.16. The van der Waals surface area contributed by atoms with Crippen LogP contribution in [-0.4, -0.2) is 23.3 Å². The van der Waals surface area contributed by atoms with Crippen molar-refractivity contribution in [2.24, 2.45) is 0 Å². The highest BCUT2D eigenvalue weighted by molar-refractivity contribution is 5.97. The first-order valence-corrected chi connectivity index (χ1v) is 16.8. The van der Waals surface area contributed by atoms with E-state index in [-0.39, 0.29) is 24.3 Å². The lowest BCUT2D eigenvalue weighted by atomic mass is 9.97. The highest BCUT2D eigenvalue weighted by Gasteiger charge is 2.24. The third kappa shape index (κ3) is 10.0. The van der Waals surface area contributed by atoms with Crippen molar-refractivity contribution in [3.05, 3.63) is 166 Å². The molecule has 0 fully saturated rings. The van der Waals surface area contributed by atoms with Gasteiger partial charge in [0, 0.05) is 24.7 Å². The van der Waals surface area contributed by atoms with Crippen molar-refractivity contribution < 1.29 is 23.9 Å². The van der Waals surface area contributed by atoms with E-state index in [4.69, 9.17) is 14.3 Å². The van der Waals surface area contributed by atoms with E-state index in [1.165, 1.54) is 0 Å². The zero-order valence-corrected chi connectivity index (χ0v) is 28.4. The molecule has 0 aliphatic rings. The summed E-state index contributed by atoms with van der Waals surface area (Å²) in [5.74, 6) is 0.820. The van der Waals surface area contributed by atoms with Crippen molar-refractivity contribution >= 4 is 11.8 Å². The van der Waals surface area contributed by atoms with Crippen LogP contribution in [0.3, 0.4) is 0 Å². The van der Waals surface area contributed by atoms with E-state index in [2.05, 4.69) is 26.3 Å². The normalized spacial score (nSPS) is 10.9. The van der Waals surface area contributed by atoms with Crippen LogP contribution in [-0.2, 0) is 31.2 Å². The number of hydrogen-bond donors (Lipinski definition) is 1. The van der Waals surface area contributed by atoms with E-state index >= 15 is 0 Å². The van der Waals surface area contributed by atoms with Crippen LogP contribution in [0.25, 0.3) is 0 Å². The summed E-state index contributed by atoms with van der Waals surface area (Å²) in [5.41, 5.74) is 8.33. The maximum atomic E-state index is 14.4. The smallest absolute Gasteiger partial charge is 0.274 e. The van der Waals surface area contributed by atoms with Gasteiger partial charge in [0.1, 0.15) is 24.7 Å². The van der Waals surface area contributed by atoms with Crippen molar-refractivity contribution in [3.63, 3.8) is 0 Å². The van der Waals surface area contributed by atoms with E-state index in [0.29, 0.717) is 48.9 Å². The van der Waals surface area contributed by atoms with Gasteiger partial charge in [0.25, 0.3) is 11.8 Å². The predicted octanol–water partition coefficient (Wildman–Crippen LogP) is 8.88. The van der Waals surface area contributed by atoms with E-state index in [1.807, 2.05) is 120 Å². The van der Waals surface area contributed by atoms with Gasteiger partial charge >= 0.3 is 0 Å². The summed E-state index contributed by atoms with van der Waals surface area (Å²) >= 11 is 0. The van der Waals surface area contributed by atoms with E-state index in [1.54, 1.807) is 12.1 Å². The Kier molecular flexibility index (Phi) is 12.6. The molecule has 0 saturated carbocycles. The second kappa shape index (κ2) is 17.7. The van der Waals surface area contributed by atoms with Crippen molar-refractivity contribution in [3.8, 4) is 11.5 Å². The molecule has 0 heterocycles. The van der Waals surface area contributed by atoms with Crippen molar-refractivity contribution in [2.45, 2.75) is 59.5 Å². The first-order chi connectivity index (χ1) is 23.9. The number of nitrogens with zero attached hydrogens (tertiary/aromatic N) is 1. The van der Waals surface area contributed by atoms with Crippen LogP contribution < -0.4 is 15.0 Å². The molecule has 0 spiro atoms. The van der Waals surface area contributed by atoms with Crippen LogP contribution in [0.4, 0.5) is 0 Å². The number of carbonyl (C=O) groups excluding carboxylic acids is 2. The minimum atomic E-state index is -0.333. The number of ether oxygens (including phenoxy) is 2. The molecule has 7 heteroatoms. The van der Waals surface area contributed by atoms with Gasteiger partial charge in [-0.2, -0.15) is 0 Å². The Balaban J connectivity index is 1.35. The molecule has 0 saturated heterocycles. The number of benzene rings is 5. The average molecular weight is 657 g/mol. The molecule has 0 bridgehead atoms. The molecule has 49 heavy (non-hydrogen) atoms. The molecule has 0 aliphatic heterocycles. The lowest BCUT2D eigenvalue weighted by molar-refractivity contribution is 0.0233. The molecule has 5 aromatic rings. The highest BCUT2D eigenvalue weighted by atomic mass is 16.6. The topological polar surface area (TPSA) is 77.1 Å². The van der Waals surface area contributed by atoms with Crippen LogP contribution in [0.1, 0.15) is 81.6 Å². The number of amides is 2. The second-order valence-electron chi connectivity index (χ2n) is 12.2. The Morgan fingerprint density at radius 2 is 1.18 bits per heavy atom. The maximum Gasteiger partial charge on any atom is 0.274 e. The van der Waals surface area contributed by atoms with Crippen molar-refractivity contribution in [2.75, 3.05) is 6.54 Å². The number of hydroxylamine groups is 1. The Bertz CT molecular complexity index is 1780. The van der Waals surface area contributed by atoms with Gasteiger partial charge in [-0.3, -0.25) is 14.4 Å².